The molecule has 1 fully saturated rings. The number of halogens is 1. The largest absolute Gasteiger partial charge is 0.371 e. The first kappa shape index (κ1) is 15.8. The van der Waals surface area contributed by atoms with Gasteiger partial charge in [-0.1, -0.05) is 26.8 Å². The van der Waals surface area contributed by atoms with Crippen molar-refractivity contribution in [2.75, 3.05) is 18.0 Å². The summed E-state index contributed by atoms with van der Waals surface area (Å²) in [5.41, 5.74) is 8.63. The zero-order valence-electron chi connectivity index (χ0n) is 13.0. The zero-order valence-corrected chi connectivity index (χ0v) is 14.5. The Morgan fingerprint density at radius 1 is 1.25 bits per heavy atom. The molecular weight excluding hydrogens is 312 g/mol. The van der Waals surface area contributed by atoms with Gasteiger partial charge in [-0.2, -0.15) is 0 Å². The van der Waals surface area contributed by atoms with Crippen molar-refractivity contribution in [1.29, 1.82) is 0 Å². The number of hydrogen-bond donors (Lipinski definition) is 1. The van der Waals surface area contributed by atoms with Crippen molar-refractivity contribution in [2.24, 2.45) is 17.1 Å². The first-order valence-corrected chi connectivity index (χ1v) is 8.44. The highest BCUT2D eigenvalue weighted by molar-refractivity contribution is 9.10. The van der Waals surface area contributed by atoms with Gasteiger partial charge in [-0.05, 0) is 64.2 Å². The van der Waals surface area contributed by atoms with Crippen LogP contribution < -0.4 is 10.6 Å². The minimum Gasteiger partial charge on any atom is -0.371 e. The highest BCUT2D eigenvalue weighted by Gasteiger charge is 2.27. The fourth-order valence-electron chi connectivity index (χ4n) is 3.14. The molecule has 1 unspecified atom stereocenters. The molecule has 0 aromatic heterocycles. The van der Waals surface area contributed by atoms with E-state index in [4.69, 9.17) is 5.73 Å². The molecular formula is C17H27BrN2. The van der Waals surface area contributed by atoms with Crippen molar-refractivity contribution < 1.29 is 0 Å². The molecule has 0 radical (unpaired) electrons. The molecule has 0 spiro atoms. The van der Waals surface area contributed by atoms with Crippen LogP contribution >= 0.6 is 15.9 Å². The molecule has 2 rings (SSSR count). The fourth-order valence-corrected chi connectivity index (χ4v) is 3.81. The molecule has 2 nitrogen and oxygen atoms in total. The first-order chi connectivity index (χ1) is 9.41. The van der Waals surface area contributed by atoms with Gasteiger partial charge in [0.25, 0.3) is 0 Å². The smallest absolute Gasteiger partial charge is 0.0510 e. The third-order valence-electron chi connectivity index (χ3n) is 4.54. The molecule has 0 amide bonds. The number of rotatable bonds is 2. The average Bonchev–Trinajstić information content (AvgIpc) is 2.63. The molecule has 3 heteroatoms. The fraction of sp³-hybridized carbons (Fsp3) is 0.647. The lowest BCUT2D eigenvalue weighted by Crippen LogP contribution is -2.26. The lowest BCUT2D eigenvalue weighted by atomic mass is 9.77. The lowest BCUT2D eigenvalue weighted by molar-refractivity contribution is 0.220. The van der Waals surface area contributed by atoms with Crippen molar-refractivity contribution in [1.82, 2.24) is 0 Å². The second kappa shape index (κ2) is 6.48. The molecule has 0 aliphatic carbocycles. The van der Waals surface area contributed by atoms with Gasteiger partial charge in [0.1, 0.15) is 0 Å². The maximum atomic E-state index is 5.70. The van der Waals surface area contributed by atoms with Crippen molar-refractivity contribution in [3.8, 4) is 0 Å². The molecule has 1 aliphatic heterocycles. The van der Waals surface area contributed by atoms with Crippen LogP contribution in [0.1, 0.15) is 45.6 Å². The Morgan fingerprint density at radius 3 is 2.60 bits per heavy atom. The molecule has 1 aromatic rings. The molecule has 1 saturated heterocycles. The summed E-state index contributed by atoms with van der Waals surface area (Å²) >= 11 is 3.71. The Hall–Kier alpha value is -0.540. The predicted octanol–water partition coefficient (Wildman–Crippen LogP) is 4.56. The van der Waals surface area contributed by atoms with Gasteiger partial charge >= 0.3 is 0 Å². The van der Waals surface area contributed by atoms with Crippen molar-refractivity contribution in [2.45, 2.75) is 46.6 Å². The van der Waals surface area contributed by atoms with E-state index in [2.05, 4.69) is 59.8 Å². The number of anilines is 1. The van der Waals surface area contributed by atoms with Gasteiger partial charge in [-0.3, -0.25) is 0 Å². The van der Waals surface area contributed by atoms with Crippen LogP contribution in [0, 0.1) is 11.3 Å². The maximum Gasteiger partial charge on any atom is 0.0510 e. The molecule has 1 aliphatic rings. The summed E-state index contributed by atoms with van der Waals surface area (Å²) in [6, 6.07) is 6.51. The molecule has 1 heterocycles. The third-order valence-corrected chi connectivity index (χ3v) is 5.18. The van der Waals surface area contributed by atoms with Gasteiger partial charge in [-0.25, -0.2) is 0 Å². The molecule has 112 valence electrons. The van der Waals surface area contributed by atoms with E-state index in [0.29, 0.717) is 12.0 Å². The van der Waals surface area contributed by atoms with Crippen LogP contribution in [-0.2, 0) is 6.54 Å². The number of benzene rings is 1. The van der Waals surface area contributed by atoms with Gasteiger partial charge < -0.3 is 10.6 Å². The van der Waals surface area contributed by atoms with Crippen LogP contribution in [0.3, 0.4) is 0 Å². The SMILES string of the molecule is CC(C)(C)C1CCCN(c2ccc(CN)cc2Br)CC1. The summed E-state index contributed by atoms with van der Waals surface area (Å²) in [4.78, 5) is 2.52. The van der Waals surface area contributed by atoms with E-state index >= 15 is 0 Å². The number of hydrogen-bond acceptors (Lipinski definition) is 2. The molecule has 0 bridgehead atoms. The minimum atomic E-state index is 0.427. The normalized spacial score (nSPS) is 20.9. The molecule has 1 atom stereocenters. The third kappa shape index (κ3) is 3.76. The van der Waals surface area contributed by atoms with E-state index in [1.807, 2.05) is 0 Å². The van der Waals surface area contributed by atoms with Crippen molar-refractivity contribution in [3.63, 3.8) is 0 Å². The quantitative estimate of drug-likeness (QED) is 0.856. The summed E-state index contributed by atoms with van der Waals surface area (Å²) in [5, 5.41) is 0. The van der Waals surface area contributed by atoms with Gasteiger partial charge in [0.2, 0.25) is 0 Å². The zero-order chi connectivity index (χ0) is 14.8. The van der Waals surface area contributed by atoms with Crippen LogP contribution in [0.2, 0.25) is 0 Å². The summed E-state index contributed by atoms with van der Waals surface area (Å²) < 4.78 is 1.18. The molecule has 20 heavy (non-hydrogen) atoms. The molecule has 1 aromatic carbocycles. The van der Waals surface area contributed by atoms with Crippen LogP contribution in [0.5, 0.6) is 0 Å². The first-order valence-electron chi connectivity index (χ1n) is 7.65. The Kier molecular flexibility index (Phi) is 5.14. The average molecular weight is 339 g/mol. The van der Waals surface area contributed by atoms with E-state index in [9.17, 15) is 0 Å². The topological polar surface area (TPSA) is 29.3 Å². The second-order valence-electron chi connectivity index (χ2n) is 6.97. The summed E-state index contributed by atoms with van der Waals surface area (Å²) in [5.74, 6) is 0.828. The number of nitrogens with two attached hydrogens (primary N) is 1. The van der Waals surface area contributed by atoms with Crippen LogP contribution in [0.4, 0.5) is 5.69 Å². The van der Waals surface area contributed by atoms with Gasteiger partial charge in [0, 0.05) is 24.1 Å². The highest BCUT2D eigenvalue weighted by atomic mass is 79.9. The summed E-state index contributed by atoms with van der Waals surface area (Å²) in [6.07, 6.45) is 3.92. The standard InChI is InChI=1S/C17H27BrN2/c1-17(2,3)14-5-4-9-20(10-8-14)16-7-6-13(12-19)11-15(16)18/h6-7,11,14H,4-5,8-10,12,19H2,1-3H3. The van der Waals surface area contributed by atoms with E-state index in [1.54, 1.807) is 0 Å². The van der Waals surface area contributed by atoms with Gasteiger partial charge in [0.05, 0.1) is 5.69 Å². The van der Waals surface area contributed by atoms with Crippen LogP contribution in [0.15, 0.2) is 22.7 Å². The predicted molar refractivity (Wildman–Crippen MR) is 91.0 cm³/mol. The monoisotopic (exact) mass is 338 g/mol. The summed E-state index contributed by atoms with van der Waals surface area (Å²) in [6.45, 7) is 10.0. The van der Waals surface area contributed by atoms with Crippen molar-refractivity contribution in [3.05, 3.63) is 28.2 Å². The molecule has 0 saturated carbocycles. The lowest BCUT2D eigenvalue weighted by Gasteiger charge is -2.30. The minimum absolute atomic E-state index is 0.427. The Bertz CT molecular complexity index is 451. The van der Waals surface area contributed by atoms with Crippen molar-refractivity contribution >= 4 is 21.6 Å². The number of nitrogens with zero attached hydrogens (tertiary/aromatic N) is 1. The van der Waals surface area contributed by atoms with Gasteiger partial charge in [-0.15, -0.1) is 0 Å². The second-order valence-corrected chi connectivity index (χ2v) is 7.83. The van der Waals surface area contributed by atoms with E-state index in [1.165, 1.54) is 35.0 Å². The maximum absolute atomic E-state index is 5.70. The Morgan fingerprint density at radius 2 is 2.00 bits per heavy atom. The van der Waals surface area contributed by atoms with E-state index in [0.717, 1.165) is 19.0 Å². The summed E-state index contributed by atoms with van der Waals surface area (Å²) in [7, 11) is 0. The Labute approximate surface area is 131 Å². The van der Waals surface area contributed by atoms with Crippen LogP contribution in [0.25, 0.3) is 0 Å². The van der Waals surface area contributed by atoms with Gasteiger partial charge in [0.15, 0.2) is 0 Å². The van der Waals surface area contributed by atoms with E-state index in [-0.39, 0.29) is 0 Å². The van der Waals surface area contributed by atoms with E-state index < -0.39 is 0 Å². The molecule has 2 N–H and O–H groups in total. The highest BCUT2D eigenvalue weighted by Crippen LogP contribution is 2.36. The van der Waals surface area contributed by atoms with Crippen LogP contribution in [-0.4, -0.2) is 13.1 Å². The Balaban J connectivity index is 2.11.